The Morgan fingerprint density at radius 1 is 1.00 bits per heavy atom. The van der Waals surface area contributed by atoms with Crippen molar-refractivity contribution in [3.63, 3.8) is 0 Å². The summed E-state index contributed by atoms with van der Waals surface area (Å²) in [6, 6.07) is 5.81. The Balaban J connectivity index is 0.00000422. The van der Waals surface area contributed by atoms with E-state index in [0.717, 1.165) is 24.8 Å². The Morgan fingerprint density at radius 3 is 2.12 bits per heavy atom. The van der Waals surface area contributed by atoms with Gasteiger partial charge in [-0.1, -0.05) is 62.3 Å². The van der Waals surface area contributed by atoms with E-state index >= 15 is 0 Å². The minimum Gasteiger partial charge on any atom is -0.493 e. The molecule has 0 radical (unpaired) electrons. The minimum atomic E-state index is -0.505. The van der Waals surface area contributed by atoms with Crippen molar-refractivity contribution >= 4 is 12.1 Å². The van der Waals surface area contributed by atoms with E-state index in [4.69, 9.17) is 23.7 Å². The molecular weight excluding hydrogens is 548 g/mol. The van der Waals surface area contributed by atoms with E-state index in [0.29, 0.717) is 24.7 Å². The first-order chi connectivity index (χ1) is 20.4. The summed E-state index contributed by atoms with van der Waals surface area (Å²) < 4.78 is 27.8. The summed E-state index contributed by atoms with van der Waals surface area (Å²) in [5, 5.41) is 0. The number of nitrogens with zero attached hydrogens (tertiary/aromatic N) is 1. The Labute approximate surface area is 262 Å². The van der Waals surface area contributed by atoms with Gasteiger partial charge < -0.3 is 23.7 Å². The predicted octanol–water partition coefficient (Wildman–Crippen LogP) is 7.44. The second-order valence-corrected chi connectivity index (χ2v) is 11.9. The zero-order chi connectivity index (χ0) is 33.3. The quantitative estimate of drug-likeness (QED) is 0.0954. The normalized spacial score (nSPS) is 18.4. The molecule has 1 aromatic carbocycles. The largest absolute Gasteiger partial charge is 0.493 e. The number of hydrogen-bond acceptors (Lipinski definition) is 7. The van der Waals surface area contributed by atoms with Gasteiger partial charge in [-0.25, -0.2) is 9.39 Å². The average Bonchev–Trinajstić information content (AvgIpc) is 3.38. The van der Waals surface area contributed by atoms with Gasteiger partial charge in [-0.3, -0.25) is 4.79 Å². The van der Waals surface area contributed by atoms with Gasteiger partial charge >= 0.3 is 12.1 Å². The number of nitrogens with one attached hydrogen (secondary N) is 1. The molecule has 5 atom stereocenters. The van der Waals surface area contributed by atoms with Crippen LogP contribution in [0.5, 0.6) is 11.5 Å². The highest BCUT2D eigenvalue weighted by Crippen LogP contribution is 2.44. The van der Waals surface area contributed by atoms with E-state index in [1.807, 2.05) is 60.0 Å². The highest BCUT2D eigenvalue weighted by molar-refractivity contribution is 5.74. The fourth-order valence-electron chi connectivity index (χ4n) is 5.70. The fraction of sp³-hybridized carbons (Fsp3) is 0.765. The maximum Gasteiger partial charge on any atom is 0.451 e. The van der Waals surface area contributed by atoms with Crippen molar-refractivity contribution in [2.45, 2.75) is 93.7 Å². The minimum absolute atomic E-state index is 0.0571. The first kappa shape index (κ1) is 40.5. The molecule has 1 N–H and O–H groups in total. The number of quaternary nitrogens is 1. The molecule has 43 heavy (non-hydrogen) atoms. The van der Waals surface area contributed by atoms with Gasteiger partial charge in [0.1, 0.15) is 12.1 Å². The molecule has 1 aromatic rings. The molecule has 0 saturated carbocycles. The van der Waals surface area contributed by atoms with Crippen LogP contribution in [-0.4, -0.2) is 71.4 Å². The molecule has 9 heteroatoms. The molecule has 1 aliphatic rings. The maximum absolute atomic E-state index is 12.5. The Kier molecular flexibility index (Phi) is 19.2. The first-order valence-corrected chi connectivity index (χ1v) is 16.1. The second-order valence-electron chi connectivity index (χ2n) is 11.9. The summed E-state index contributed by atoms with van der Waals surface area (Å²) in [7, 11) is 8.60. The summed E-state index contributed by atoms with van der Waals surface area (Å²) in [6.07, 6.45) is 1.68. The van der Waals surface area contributed by atoms with Crippen LogP contribution in [0.1, 0.15) is 93.2 Å². The molecule has 0 aliphatic carbocycles. The lowest BCUT2D eigenvalue weighted by Crippen LogP contribution is -2.58. The molecule has 1 heterocycles. The van der Waals surface area contributed by atoms with Crippen molar-refractivity contribution in [3.8, 4) is 11.5 Å². The summed E-state index contributed by atoms with van der Waals surface area (Å²) >= 11 is 0. The number of cyclic esters (lactones) is 1. The average molecular weight is 612 g/mol. The van der Waals surface area contributed by atoms with Crippen molar-refractivity contribution in [1.82, 2.24) is 5.43 Å². The van der Waals surface area contributed by atoms with Crippen LogP contribution in [0, 0.1) is 29.6 Å². The molecule has 0 aromatic heterocycles. The third-order valence-electron chi connectivity index (χ3n) is 7.94. The fourth-order valence-corrected chi connectivity index (χ4v) is 5.70. The van der Waals surface area contributed by atoms with E-state index in [-0.39, 0.29) is 52.3 Å². The molecule has 4 unspecified atom stereocenters. The number of ether oxygens (including phenoxy) is 5. The van der Waals surface area contributed by atoms with Crippen LogP contribution in [0.2, 0.25) is 0 Å². The SMILES string of the molecule is CC.CC.COCCCOc1cc(C(C(CC(C)C2C[C@@H](C(C)C)C(=O)O2)C(C)C)[N+](C)(C)NC(=O)OC)ccc1OC. The molecule has 0 bridgehead atoms. The van der Waals surface area contributed by atoms with Crippen molar-refractivity contribution in [2.75, 3.05) is 48.6 Å². The molecule has 250 valence electrons. The van der Waals surface area contributed by atoms with Gasteiger partial charge in [-0.05, 0) is 48.8 Å². The Morgan fingerprint density at radius 2 is 1.63 bits per heavy atom. The topological polar surface area (TPSA) is 92.3 Å². The van der Waals surface area contributed by atoms with Gasteiger partial charge in [-0.2, -0.15) is 5.43 Å². The number of benzene rings is 1. The molecule has 1 fully saturated rings. The highest BCUT2D eigenvalue weighted by atomic mass is 16.6. The monoisotopic (exact) mass is 611 g/mol. The van der Waals surface area contributed by atoms with Gasteiger partial charge in [0.05, 0.1) is 40.8 Å². The van der Waals surface area contributed by atoms with Crippen LogP contribution in [0.15, 0.2) is 18.2 Å². The lowest BCUT2D eigenvalue weighted by molar-refractivity contribution is -0.959. The van der Waals surface area contributed by atoms with E-state index < -0.39 is 6.09 Å². The zero-order valence-electron chi connectivity index (χ0n) is 29.6. The maximum atomic E-state index is 12.5. The molecular formula is C34H63N2O7+. The number of amides is 1. The summed E-state index contributed by atoms with van der Waals surface area (Å²) in [6.45, 7) is 19.8. The van der Waals surface area contributed by atoms with Gasteiger partial charge in [0.15, 0.2) is 11.5 Å². The van der Waals surface area contributed by atoms with Crippen molar-refractivity contribution < 1.29 is 37.9 Å². The number of carbonyl (C=O) groups excluding carboxylic acids is 2. The van der Waals surface area contributed by atoms with Gasteiger partial charge in [0.25, 0.3) is 0 Å². The highest BCUT2D eigenvalue weighted by Gasteiger charge is 2.45. The third kappa shape index (κ3) is 12.2. The number of hydrogen-bond donors (Lipinski definition) is 1. The van der Waals surface area contributed by atoms with E-state index in [1.54, 1.807) is 14.2 Å². The van der Waals surface area contributed by atoms with Crippen molar-refractivity contribution in [2.24, 2.45) is 29.6 Å². The lowest BCUT2D eigenvalue weighted by Gasteiger charge is -2.43. The van der Waals surface area contributed by atoms with Crippen LogP contribution in [0.25, 0.3) is 0 Å². The summed E-state index contributed by atoms with van der Waals surface area (Å²) in [5.74, 6) is 1.94. The van der Waals surface area contributed by atoms with Crippen LogP contribution in [0.3, 0.4) is 0 Å². The lowest BCUT2D eigenvalue weighted by atomic mass is 9.76. The predicted molar refractivity (Wildman–Crippen MR) is 173 cm³/mol. The molecule has 9 nitrogen and oxygen atoms in total. The number of rotatable bonds is 15. The smallest absolute Gasteiger partial charge is 0.451 e. The Hall–Kier alpha value is -2.52. The summed E-state index contributed by atoms with van der Waals surface area (Å²) in [4.78, 5) is 25.0. The first-order valence-electron chi connectivity index (χ1n) is 16.1. The van der Waals surface area contributed by atoms with Gasteiger partial charge in [0, 0.05) is 31.6 Å². The standard InChI is InChI=1S/C30H50N2O7.2C2H6/c1-19(2)23(16-21(5)26-18-24(20(3)4)29(33)39-26)28(32(6,7)31-30(34)37-10)22-12-13-25(36-9)27(17-22)38-15-11-14-35-8;2*1-2/h12-13,17,19-21,23-24,26,28H,11,14-16,18H2,1-10H3;2*1-2H3/p+1/t21?,23?,24-,26?,28?;;/m0../s1. The van der Waals surface area contributed by atoms with Gasteiger partial charge in [0.2, 0.25) is 0 Å². The molecule has 1 saturated heterocycles. The number of methoxy groups -OCH3 is 3. The Bertz CT molecular complexity index is 935. The van der Waals surface area contributed by atoms with Gasteiger partial charge in [-0.15, -0.1) is 0 Å². The van der Waals surface area contributed by atoms with E-state index in [9.17, 15) is 9.59 Å². The summed E-state index contributed by atoms with van der Waals surface area (Å²) in [5.41, 5.74) is 4.03. The number of carbonyl (C=O) groups is 2. The number of esters is 1. The van der Waals surface area contributed by atoms with Crippen LogP contribution in [-0.2, 0) is 19.0 Å². The third-order valence-corrected chi connectivity index (χ3v) is 7.94. The van der Waals surface area contributed by atoms with Crippen LogP contribution < -0.4 is 14.9 Å². The van der Waals surface area contributed by atoms with Crippen LogP contribution >= 0.6 is 0 Å². The van der Waals surface area contributed by atoms with E-state index in [1.165, 1.54) is 7.11 Å². The van der Waals surface area contributed by atoms with E-state index in [2.05, 4.69) is 40.0 Å². The molecule has 1 aliphatic heterocycles. The second kappa shape index (κ2) is 20.4. The van der Waals surface area contributed by atoms with Crippen molar-refractivity contribution in [1.29, 1.82) is 0 Å². The molecule has 2 rings (SSSR count). The van der Waals surface area contributed by atoms with Crippen LogP contribution in [0.4, 0.5) is 4.79 Å². The molecule has 0 spiro atoms. The zero-order valence-corrected chi connectivity index (χ0v) is 29.6. The van der Waals surface area contributed by atoms with Crippen molar-refractivity contribution in [3.05, 3.63) is 23.8 Å². The molecule has 1 amide bonds.